The average molecular weight is 277 g/mol. The molecule has 2 rings (SSSR count). The lowest BCUT2D eigenvalue weighted by Gasteiger charge is -2.24. The van der Waals surface area contributed by atoms with E-state index in [1.165, 1.54) is 5.56 Å². The van der Waals surface area contributed by atoms with E-state index < -0.39 is 5.41 Å². The second kappa shape index (κ2) is 5.70. The maximum absolute atomic E-state index is 12.0. The minimum atomic E-state index is -0.639. The second-order valence-electron chi connectivity index (χ2n) is 5.01. The fourth-order valence-corrected chi connectivity index (χ4v) is 2.69. The summed E-state index contributed by atoms with van der Waals surface area (Å²) >= 11 is 5.49. The topological polar surface area (TPSA) is 29.5 Å². The van der Waals surface area contributed by atoms with Crippen LogP contribution >= 0.6 is 12.2 Å². The van der Waals surface area contributed by atoms with E-state index in [9.17, 15) is 4.79 Å². The van der Waals surface area contributed by atoms with Gasteiger partial charge >= 0.3 is 5.97 Å². The third-order valence-electron chi connectivity index (χ3n) is 3.58. The molecular weight excluding hydrogens is 258 g/mol. The van der Waals surface area contributed by atoms with Crippen LogP contribution in [0.2, 0.25) is 0 Å². The van der Waals surface area contributed by atoms with Crippen molar-refractivity contribution in [3.8, 4) is 0 Å². The van der Waals surface area contributed by atoms with Gasteiger partial charge in [-0.15, -0.1) is 0 Å². The molecule has 3 nitrogen and oxygen atoms in total. The lowest BCUT2D eigenvalue weighted by Crippen LogP contribution is -2.37. The first-order valence-electron chi connectivity index (χ1n) is 6.58. The van der Waals surface area contributed by atoms with Gasteiger partial charge in [0.2, 0.25) is 0 Å². The zero-order valence-corrected chi connectivity index (χ0v) is 12.2. The molecule has 1 aliphatic rings. The molecule has 4 heteroatoms. The third kappa shape index (κ3) is 2.78. The average Bonchev–Trinajstić information content (AvgIpc) is 2.70. The summed E-state index contributed by atoms with van der Waals surface area (Å²) in [6.45, 7) is 5.67. The standard InChI is InChI=1S/C15H19NO2S/c1-3-18-14(17)15(2)9-10-16(13(15)19)11-12-7-5-4-6-8-12/h4-8H,3,9-11H2,1-2H3/t15-/m1/s1. The fourth-order valence-electron chi connectivity index (χ4n) is 2.35. The van der Waals surface area contributed by atoms with Crippen molar-refractivity contribution in [1.29, 1.82) is 0 Å². The van der Waals surface area contributed by atoms with Gasteiger partial charge in [0, 0.05) is 13.1 Å². The molecule has 1 aromatic carbocycles. The van der Waals surface area contributed by atoms with E-state index in [0.717, 1.165) is 19.5 Å². The highest BCUT2D eigenvalue weighted by Gasteiger charge is 2.46. The number of esters is 1. The quantitative estimate of drug-likeness (QED) is 0.625. The molecule has 0 saturated carbocycles. The number of carbonyl (C=O) groups is 1. The summed E-state index contributed by atoms with van der Waals surface area (Å²) in [4.78, 5) is 14.8. The smallest absolute Gasteiger partial charge is 0.318 e. The molecule has 0 aromatic heterocycles. The van der Waals surface area contributed by atoms with E-state index >= 15 is 0 Å². The van der Waals surface area contributed by atoms with E-state index in [-0.39, 0.29) is 5.97 Å². The Labute approximate surface area is 119 Å². The summed E-state index contributed by atoms with van der Waals surface area (Å²) in [7, 11) is 0. The van der Waals surface area contributed by atoms with Gasteiger partial charge in [-0.25, -0.2) is 0 Å². The Morgan fingerprint density at radius 3 is 2.74 bits per heavy atom. The molecule has 0 aliphatic carbocycles. The molecule has 1 heterocycles. The van der Waals surface area contributed by atoms with Gasteiger partial charge in [-0.2, -0.15) is 0 Å². The van der Waals surface area contributed by atoms with E-state index in [1.54, 1.807) is 0 Å². The predicted molar refractivity (Wildman–Crippen MR) is 78.8 cm³/mol. The number of rotatable bonds is 4. The van der Waals surface area contributed by atoms with E-state index in [2.05, 4.69) is 17.0 Å². The van der Waals surface area contributed by atoms with E-state index in [4.69, 9.17) is 17.0 Å². The monoisotopic (exact) mass is 277 g/mol. The van der Waals surface area contributed by atoms with Crippen LogP contribution in [0.1, 0.15) is 25.8 Å². The van der Waals surface area contributed by atoms with Crippen molar-refractivity contribution < 1.29 is 9.53 Å². The predicted octanol–water partition coefficient (Wildman–Crippen LogP) is 2.79. The summed E-state index contributed by atoms with van der Waals surface area (Å²) in [6, 6.07) is 10.2. The van der Waals surface area contributed by atoms with Crippen molar-refractivity contribution in [2.24, 2.45) is 5.41 Å². The van der Waals surface area contributed by atoms with Gasteiger partial charge in [-0.3, -0.25) is 4.79 Å². The van der Waals surface area contributed by atoms with Crippen LogP contribution in [0.25, 0.3) is 0 Å². The Bertz CT molecular complexity index is 474. The van der Waals surface area contributed by atoms with Crippen molar-refractivity contribution >= 4 is 23.2 Å². The zero-order valence-electron chi connectivity index (χ0n) is 11.4. The van der Waals surface area contributed by atoms with Crippen LogP contribution in [0.3, 0.4) is 0 Å². The summed E-state index contributed by atoms with van der Waals surface area (Å²) in [5.41, 5.74) is 0.568. The van der Waals surface area contributed by atoms with Gasteiger partial charge in [-0.05, 0) is 25.8 Å². The van der Waals surface area contributed by atoms with Crippen LogP contribution in [-0.2, 0) is 16.1 Å². The Balaban J connectivity index is 2.07. The molecule has 1 atom stereocenters. The van der Waals surface area contributed by atoms with Crippen LogP contribution in [0.15, 0.2) is 30.3 Å². The second-order valence-corrected chi connectivity index (χ2v) is 5.40. The molecule has 102 valence electrons. The maximum atomic E-state index is 12.0. The Hall–Kier alpha value is -1.42. The molecule has 1 aromatic rings. The van der Waals surface area contributed by atoms with E-state index in [1.807, 2.05) is 32.0 Å². The van der Waals surface area contributed by atoms with Crippen molar-refractivity contribution in [3.05, 3.63) is 35.9 Å². The molecule has 0 bridgehead atoms. The number of hydrogen-bond acceptors (Lipinski definition) is 3. The Morgan fingerprint density at radius 1 is 1.42 bits per heavy atom. The van der Waals surface area contributed by atoms with Crippen molar-refractivity contribution in [2.45, 2.75) is 26.8 Å². The normalized spacial score (nSPS) is 22.6. The van der Waals surface area contributed by atoms with Gasteiger partial charge in [0.15, 0.2) is 0 Å². The van der Waals surface area contributed by atoms with E-state index in [0.29, 0.717) is 11.6 Å². The molecule has 1 saturated heterocycles. The molecular formula is C15H19NO2S. The molecule has 0 spiro atoms. The first-order valence-corrected chi connectivity index (χ1v) is 6.99. The minimum absolute atomic E-state index is 0.199. The van der Waals surface area contributed by atoms with Gasteiger partial charge in [0.05, 0.1) is 11.6 Å². The number of ether oxygens (including phenoxy) is 1. The molecule has 0 radical (unpaired) electrons. The van der Waals surface area contributed by atoms with Crippen LogP contribution in [0, 0.1) is 5.41 Å². The van der Waals surface area contributed by atoms with Crippen LogP contribution in [0.4, 0.5) is 0 Å². The minimum Gasteiger partial charge on any atom is -0.465 e. The summed E-state index contributed by atoms with van der Waals surface area (Å²) in [5.74, 6) is -0.199. The summed E-state index contributed by atoms with van der Waals surface area (Å²) in [6.07, 6.45) is 0.734. The van der Waals surface area contributed by atoms with Crippen molar-refractivity contribution in [2.75, 3.05) is 13.2 Å². The highest BCUT2D eigenvalue weighted by Crippen LogP contribution is 2.35. The molecule has 1 aliphatic heterocycles. The molecule has 0 unspecified atom stereocenters. The summed E-state index contributed by atoms with van der Waals surface area (Å²) in [5, 5.41) is 0. The van der Waals surface area contributed by atoms with Crippen LogP contribution < -0.4 is 0 Å². The molecule has 1 fully saturated rings. The largest absolute Gasteiger partial charge is 0.465 e. The van der Waals surface area contributed by atoms with Crippen LogP contribution in [0.5, 0.6) is 0 Å². The lowest BCUT2D eigenvalue weighted by atomic mass is 9.90. The van der Waals surface area contributed by atoms with Gasteiger partial charge in [0.1, 0.15) is 5.41 Å². The Morgan fingerprint density at radius 2 is 2.11 bits per heavy atom. The summed E-state index contributed by atoms with van der Waals surface area (Å²) < 4.78 is 5.14. The highest BCUT2D eigenvalue weighted by atomic mass is 32.1. The van der Waals surface area contributed by atoms with Crippen molar-refractivity contribution in [1.82, 2.24) is 4.90 Å². The fraction of sp³-hybridized carbons (Fsp3) is 0.467. The van der Waals surface area contributed by atoms with Crippen molar-refractivity contribution in [3.63, 3.8) is 0 Å². The first kappa shape index (κ1) is 14.0. The SMILES string of the molecule is CCOC(=O)[C@]1(C)CCN(Cc2ccccc2)C1=S. The highest BCUT2D eigenvalue weighted by molar-refractivity contribution is 7.80. The zero-order chi connectivity index (χ0) is 13.9. The first-order chi connectivity index (χ1) is 9.08. The number of hydrogen-bond donors (Lipinski definition) is 0. The molecule has 0 N–H and O–H groups in total. The lowest BCUT2D eigenvalue weighted by molar-refractivity contribution is -0.150. The number of likely N-dealkylation sites (tertiary alicyclic amines) is 1. The number of thiocarbonyl (C=S) groups is 1. The van der Waals surface area contributed by atoms with Gasteiger partial charge < -0.3 is 9.64 Å². The van der Waals surface area contributed by atoms with Crippen LogP contribution in [-0.4, -0.2) is 29.0 Å². The van der Waals surface area contributed by atoms with Gasteiger partial charge in [-0.1, -0.05) is 42.5 Å². The third-order valence-corrected chi connectivity index (χ3v) is 4.29. The Kier molecular flexibility index (Phi) is 4.20. The number of nitrogens with zero attached hydrogens (tertiary/aromatic N) is 1. The number of benzene rings is 1. The molecule has 19 heavy (non-hydrogen) atoms. The number of carbonyl (C=O) groups excluding carboxylic acids is 1. The molecule has 0 amide bonds. The maximum Gasteiger partial charge on any atom is 0.318 e. The van der Waals surface area contributed by atoms with Gasteiger partial charge in [0.25, 0.3) is 0 Å².